The van der Waals surface area contributed by atoms with Crippen molar-refractivity contribution < 1.29 is 15.0 Å². The summed E-state index contributed by atoms with van der Waals surface area (Å²) in [6.45, 7) is -0.0860. The summed E-state index contributed by atoms with van der Waals surface area (Å²) in [5.74, 6) is -0.970. The average molecular weight is 235 g/mol. The lowest BCUT2D eigenvalue weighted by Crippen LogP contribution is -1.96. The smallest absolute Gasteiger partial charge is 0.335 e. The van der Waals surface area contributed by atoms with Gasteiger partial charge in [-0.2, -0.15) is 0 Å². The van der Waals surface area contributed by atoms with Crippen molar-refractivity contribution in [2.75, 3.05) is 0 Å². The molecule has 0 aliphatic carbocycles. The van der Waals surface area contributed by atoms with Crippen molar-refractivity contribution in [3.8, 4) is 11.3 Å². The largest absolute Gasteiger partial charge is 0.478 e. The Bertz CT molecular complexity index is 521. The lowest BCUT2D eigenvalue weighted by atomic mass is 10.1. The Morgan fingerprint density at radius 3 is 2.94 bits per heavy atom. The number of aromatic nitrogens is 1. The SMILES string of the molecule is O=C(O)c1cccc(-c2ncsc2CO)c1. The van der Waals surface area contributed by atoms with Crippen LogP contribution in [0.2, 0.25) is 0 Å². The second-order valence-corrected chi connectivity index (χ2v) is 4.11. The van der Waals surface area contributed by atoms with Crippen LogP contribution in [0.25, 0.3) is 11.3 Å². The molecule has 5 heteroatoms. The summed E-state index contributed by atoms with van der Waals surface area (Å²) in [5.41, 5.74) is 3.21. The minimum atomic E-state index is -0.970. The highest BCUT2D eigenvalue weighted by Crippen LogP contribution is 2.25. The molecule has 2 N–H and O–H groups in total. The summed E-state index contributed by atoms with van der Waals surface area (Å²) < 4.78 is 0. The summed E-state index contributed by atoms with van der Waals surface area (Å²) in [7, 11) is 0. The number of carbonyl (C=O) groups is 1. The van der Waals surface area contributed by atoms with Crippen molar-refractivity contribution in [2.24, 2.45) is 0 Å². The predicted octanol–water partition coefficient (Wildman–Crippen LogP) is 2.00. The van der Waals surface area contributed by atoms with Crippen molar-refractivity contribution in [1.82, 2.24) is 4.98 Å². The van der Waals surface area contributed by atoms with Crippen molar-refractivity contribution in [3.05, 3.63) is 40.2 Å². The fraction of sp³-hybridized carbons (Fsp3) is 0.0909. The molecule has 0 unspecified atom stereocenters. The van der Waals surface area contributed by atoms with E-state index in [9.17, 15) is 4.79 Å². The van der Waals surface area contributed by atoms with Crippen molar-refractivity contribution >= 4 is 17.3 Å². The quantitative estimate of drug-likeness (QED) is 0.853. The maximum atomic E-state index is 10.8. The fourth-order valence-corrected chi connectivity index (χ4v) is 2.06. The molecule has 0 spiro atoms. The zero-order valence-electron chi connectivity index (χ0n) is 8.25. The molecule has 0 amide bonds. The third kappa shape index (κ3) is 1.95. The van der Waals surface area contributed by atoms with E-state index in [2.05, 4.69) is 4.98 Å². The van der Waals surface area contributed by atoms with Gasteiger partial charge < -0.3 is 10.2 Å². The van der Waals surface area contributed by atoms with E-state index in [0.29, 0.717) is 11.3 Å². The zero-order valence-corrected chi connectivity index (χ0v) is 9.07. The molecule has 0 atom stereocenters. The summed E-state index contributed by atoms with van der Waals surface area (Å²) in [5, 5.41) is 18.0. The summed E-state index contributed by atoms with van der Waals surface area (Å²) >= 11 is 1.35. The molecule has 82 valence electrons. The van der Waals surface area contributed by atoms with Crippen LogP contribution < -0.4 is 0 Å². The molecule has 0 radical (unpaired) electrons. The first-order valence-corrected chi connectivity index (χ1v) is 5.47. The topological polar surface area (TPSA) is 70.4 Å². The Hall–Kier alpha value is -1.72. The Balaban J connectivity index is 2.48. The molecule has 2 aromatic rings. The highest BCUT2D eigenvalue weighted by molar-refractivity contribution is 7.10. The third-order valence-electron chi connectivity index (χ3n) is 2.17. The van der Waals surface area contributed by atoms with Crippen LogP contribution in [0.1, 0.15) is 15.2 Å². The Kier molecular flexibility index (Phi) is 2.98. The molecule has 0 saturated carbocycles. The van der Waals surface area contributed by atoms with Gasteiger partial charge in [-0.05, 0) is 12.1 Å². The van der Waals surface area contributed by atoms with Crippen LogP contribution in [-0.2, 0) is 6.61 Å². The van der Waals surface area contributed by atoms with E-state index < -0.39 is 5.97 Å². The van der Waals surface area contributed by atoms with Crippen LogP contribution >= 0.6 is 11.3 Å². The molecule has 0 aliphatic heterocycles. The molecular formula is C11H9NO3S. The minimum absolute atomic E-state index is 0.0860. The molecule has 4 nitrogen and oxygen atoms in total. The van der Waals surface area contributed by atoms with E-state index in [1.807, 2.05) is 0 Å². The number of carboxylic acids is 1. The number of nitrogens with zero attached hydrogens (tertiary/aromatic N) is 1. The van der Waals surface area contributed by atoms with Gasteiger partial charge >= 0.3 is 5.97 Å². The molecule has 1 aromatic carbocycles. The van der Waals surface area contributed by atoms with Gasteiger partial charge in [0, 0.05) is 5.56 Å². The molecule has 2 rings (SSSR count). The van der Waals surface area contributed by atoms with Crippen molar-refractivity contribution in [1.29, 1.82) is 0 Å². The second kappa shape index (κ2) is 4.42. The minimum Gasteiger partial charge on any atom is -0.478 e. The Labute approximate surface area is 95.8 Å². The van der Waals surface area contributed by atoms with Gasteiger partial charge in [-0.25, -0.2) is 9.78 Å². The molecule has 0 fully saturated rings. The van der Waals surface area contributed by atoms with Crippen LogP contribution in [-0.4, -0.2) is 21.2 Å². The highest BCUT2D eigenvalue weighted by Gasteiger charge is 2.10. The van der Waals surface area contributed by atoms with Crippen molar-refractivity contribution in [2.45, 2.75) is 6.61 Å². The van der Waals surface area contributed by atoms with Crippen LogP contribution in [0.5, 0.6) is 0 Å². The molecule has 0 bridgehead atoms. The fourth-order valence-electron chi connectivity index (χ4n) is 1.42. The summed E-state index contributed by atoms with van der Waals surface area (Å²) in [4.78, 5) is 15.7. The predicted molar refractivity (Wildman–Crippen MR) is 60.4 cm³/mol. The third-order valence-corrected chi connectivity index (χ3v) is 2.99. The Morgan fingerprint density at radius 1 is 1.44 bits per heavy atom. The van der Waals surface area contributed by atoms with E-state index >= 15 is 0 Å². The molecular weight excluding hydrogens is 226 g/mol. The van der Waals surface area contributed by atoms with E-state index in [1.54, 1.807) is 23.7 Å². The zero-order chi connectivity index (χ0) is 11.5. The van der Waals surface area contributed by atoms with E-state index in [0.717, 1.165) is 4.88 Å². The van der Waals surface area contributed by atoms with Crippen LogP contribution in [0.4, 0.5) is 0 Å². The second-order valence-electron chi connectivity index (χ2n) is 3.17. The molecule has 1 heterocycles. The molecule has 16 heavy (non-hydrogen) atoms. The maximum Gasteiger partial charge on any atom is 0.335 e. The number of aromatic carboxylic acids is 1. The van der Waals surface area contributed by atoms with Gasteiger partial charge in [0.15, 0.2) is 0 Å². The van der Waals surface area contributed by atoms with E-state index in [4.69, 9.17) is 10.2 Å². The summed E-state index contributed by atoms with van der Waals surface area (Å²) in [6.07, 6.45) is 0. The Morgan fingerprint density at radius 2 is 2.25 bits per heavy atom. The first-order valence-electron chi connectivity index (χ1n) is 4.59. The van der Waals surface area contributed by atoms with Gasteiger partial charge in [-0.3, -0.25) is 0 Å². The number of benzene rings is 1. The van der Waals surface area contributed by atoms with Crippen molar-refractivity contribution in [3.63, 3.8) is 0 Å². The summed E-state index contributed by atoms with van der Waals surface area (Å²) in [6, 6.07) is 6.52. The standard InChI is InChI=1S/C11H9NO3S/c13-5-9-10(12-6-16-9)7-2-1-3-8(4-7)11(14)15/h1-4,6,13H,5H2,(H,14,15). The number of carboxylic acid groups (broad SMARTS) is 1. The van der Waals surface area contributed by atoms with Crippen LogP contribution in [0.3, 0.4) is 0 Å². The first kappa shape index (κ1) is 10.8. The average Bonchev–Trinajstić information content (AvgIpc) is 2.77. The van der Waals surface area contributed by atoms with Gasteiger partial charge in [0.2, 0.25) is 0 Å². The number of aliphatic hydroxyl groups is 1. The lowest BCUT2D eigenvalue weighted by molar-refractivity contribution is 0.0697. The van der Waals surface area contributed by atoms with E-state index in [1.165, 1.54) is 17.4 Å². The van der Waals surface area contributed by atoms with Crippen LogP contribution in [0.15, 0.2) is 29.8 Å². The van der Waals surface area contributed by atoms with Gasteiger partial charge in [0.05, 0.1) is 28.3 Å². The number of hydrogen-bond donors (Lipinski definition) is 2. The van der Waals surface area contributed by atoms with Gasteiger partial charge in [0.25, 0.3) is 0 Å². The monoisotopic (exact) mass is 235 g/mol. The van der Waals surface area contributed by atoms with Gasteiger partial charge in [-0.1, -0.05) is 12.1 Å². The number of thiazole rings is 1. The molecule has 0 saturated heterocycles. The number of rotatable bonds is 3. The maximum absolute atomic E-state index is 10.8. The molecule has 1 aromatic heterocycles. The van der Waals surface area contributed by atoms with Gasteiger partial charge in [0.1, 0.15) is 0 Å². The van der Waals surface area contributed by atoms with E-state index in [-0.39, 0.29) is 12.2 Å². The highest BCUT2D eigenvalue weighted by atomic mass is 32.1. The normalized spacial score (nSPS) is 10.3. The number of hydrogen-bond acceptors (Lipinski definition) is 4. The number of aliphatic hydroxyl groups excluding tert-OH is 1. The van der Waals surface area contributed by atoms with Gasteiger partial charge in [-0.15, -0.1) is 11.3 Å². The first-order chi connectivity index (χ1) is 7.72. The van der Waals surface area contributed by atoms with Crippen LogP contribution in [0, 0.1) is 0 Å². The lowest BCUT2D eigenvalue weighted by Gasteiger charge is -2.01. The molecule has 0 aliphatic rings.